The molecule has 0 aliphatic carbocycles. The lowest BCUT2D eigenvalue weighted by Crippen LogP contribution is -2.44. The summed E-state index contributed by atoms with van der Waals surface area (Å²) in [6.45, 7) is 4.81. The van der Waals surface area contributed by atoms with E-state index in [0.29, 0.717) is 17.4 Å². The highest BCUT2D eigenvalue weighted by Gasteiger charge is 2.22. The number of nitrogens with zero attached hydrogens (tertiary/aromatic N) is 1. The molecule has 0 spiro atoms. The Bertz CT molecular complexity index is 1500. The number of ether oxygens (including phenoxy) is 4. The largest absolute Gasteiger partial charge is 0.545 e. The minimum atomic E-state index is -1.62. The van der Waals surface area contributed by atoms with E-state index in [2.05, 4.69) is 50.3 Å². The van der Waals surface area contributed by atoms with Gasteiger partial charge in [-0.3, -0.25) is 9.59 Å². The Balaban J connectivity index is 3.99. The molecule has 0 heterocycles. The van der Waals surface area contributed by atoms with E-state index < -0.39 is 24.3 Å². The summed E-state index contributed by atoms with van der Waals surface area (Å²) in [5.74, 6) is -2.25. The number of aliphatic carboxylic acids is 1. The van der Waals surface area contributed by atoms with Crippen molar-refractivity contribution in [2.75, 3.05) is 47.5 Å². The maximum Gasteiger partial charge on any atom is 0.306 e. The molecular weight excluding hydrogens is 1070 g/mol. The third-order valence-corrected chi connectivity index (χ3v) is 17.1. The smallest absolute Gasteiger partial charge is 0.306 e. The fourth-order valence-corrected chi connectivity index (χ4v) is 11.4. The molecule has 0 saturated carbocycles. The van der Waals surface area contributed by atoms with Gasteiger partial charge in [0.25, 0.3) is 0 Å². The minimum absolute atomic E-state index is 0.151. The molecule has 0 aliphatic heterocycles. The van der Waals surface area contributed by atoms with Crippen molar-refractivity contribution in [2.24, 2.45) is 0 Å². The molecule has 0 fully saturated rings. The number of likely N-dealkylation sites (N-methyl/N-ethyl adjacent to an activating group) is 1. The van der Waals surface area contributed by atoms with E-state index in [1.807, 2.05) is 21.1 Å². The van der Waals surface area contributed by atoms with Gasteiger partial charge in [0, 0.05) is 12.8 Å². The molecule has 0 aromatic heterocycles. The lowest BCUT2D eigenvalue weighted by Gasteiger charge is -2.26. The number of allylic oxidation sites excluding steroid dienone is 6. The summed E-state index contributed by atoms with van der Waals surface area (Å²) in [6.07, 6.45) is 83.9. The molecule has 506 valence electrons. The van der Waals surface area contributed by atoms with Crippen molar-refractivity contribution < 1.29 is 42.9 Å². The van der Waals surface area contributed by atoms with Crippen molar-refractivity contribution in [3.05, 3.63) is 36.5 Å². The first-order valence-electron chi connectivity index (χ1n) is 37.6. The molecule has 0 saturated heterocycles. The van der Waals surface area contributed by atoms with Gasteiger partial charge >= 0.3 is 11.9 Å². The fraction of sp³-hybridized carbons (Fsp3) is 0.883. The Kier molecular flexibility index (Phi) is 66.4. The zero-order valence-electron chi connectivity index (χ0n) is 58.0. The molecule has 0 aliphatic rings. The summed E-state index contributed by atoms with van der Waals surface area (Å²) in [6, 6.07) is 0. The van der Waals surface area contributed by atoms with Crippen molar-refractivity contribution in [1.82, 2.24) is 0 Å². The third kappa shape index (κ3) is 69.0. The maximum atomic E-state index is 12.9. The van der Waals surface area contributed by atoms with Crippen molar-refractivity contribution in [3.8, 4) is 0 Å². The molecule has 0 rings (SSSR count). The van der Waals surface area contributed by atoms with Crippen LogP contribution in [-0.4, -0.2) is 82.3 Å². The van der Waals surface area contributed by atoms with Gasteiger partial charge in [-0.1, -0.05) is 352 Å². The highest BCUT2D eigenvalue weighted by atomic mass is 16.7. The van der Waals surface area contributed by atoms with Crippen LogP contribution in [0.1, 0.15) is 380 Å². The van der Waals surface area contributed by atoms with Crippen molar-refractivity contribution in [3.63, 3.8) is 0 Å². The number of hydrogen-bond donors (Lipinski definition) is 0. The Hall–Kier alpha value is -2.49. The van der Waals surface area contributed by atoms with E-state index in [1.54, 1.807) is 0 Å². The first-order valence-corrected chi connectivity index (χ1v) is 37.6. The van der Waals surface area contributed by atoms with Gasteiger partial charge in [0.2, 0.25) is 0 Å². The van der Waals surface area contributed by atoms with Gasteiger partial charge in [0.1, 0.15) is 13.2 Å². The zero-order chi connectivity index (χ0) is 62.6. The van der Waals surface area contributed by atoms with Crippen LogP contribution in [0.15, 0.2) is 36.5 Å². The van der Waals surface area contributed by atoms with E-state index in [0.717, 1.165) is 51.4 Å². The first kappa shape index (κ1) is 83.5. The van der Waals surface area contributed by atoms with E-state index in [1.165, 1.54) is 302 Å². The fourth-order valence-electron chi connectivity index (χ4n) is 11.4. The van der Waals surface area contributed by atoms with Crippen LogP contribution in [0.5, 0.6) is 0 Å². The number of carbonyl (C=O) groups excluding carboxylic acids is 3. The predicted octanol–water partition coefficient (Wildman–Crippen LogP) is 22.2. The summed E-state index contributed by atoms with van der Waals surface area (Å²) in [7, 11) is 5.95. The van der Waals surface area contributed by atoms with Crippen LogP contribution in [0.25, 0.3) is 0 Å². The van der Waals surface area contributed by atoms with E-state index >= 15 is 0 Å². The molecule has 0 N–H and O–H groups in total. The number of rotatable bonds is 71. The van der Waals surface area contributed by atoms with Gasteiger partial charge in [-0.05, 0) is 51.4 Å². The van der Waals surface area contributed by atoms with Gasteiger partial charge in [-0.25, -0.2) is 0 Å². The van der Waals surface area contributed by atoms with Crippen LogP contribution in [0.2, 0.25) is 0 Å². The van der Waals surface area contributed by atoms with Gasteiger partial charge < -0.3 is 33.3 Å². The van der Waals surface area contributed by atoms with Crippen LogP contribution < -0.4 is 5.11 Å². The summed E-state index contributed by atoms with van der Waals surface area (Å²) in [4.78, 5) is 37.5. The highest BCUT2D eigenvalue weighted by Crippen LogP contribution is 2.19. The van der Waals surface area contributed by atoms with Crippen LogP contribution >= 0.6 is 0 Å². The molecule has 2 unspecified atom stereocenters. The van der Waals surface area contributed by atoms with Gasteiger partial charge in [0.05, 0.1) is 40.3 Å². The van der Waals surface area contributed by atoms with Crippen molar-refractivity contribution in [1.29, 1.82) is 0 Å². The minimum Gasteiger partial charge on any atom is -0.545 e. The second-order valence-electron chi connectivity index (χ2n) is 27.0. The predicted molar refractivity (Wildman–Crippen MR) is 366 cm³/mol. The zero-order valence-corrected chi connectivity index (χ0v) is 58.0. The van der Waals surface area contributed by atoms with Crippen molar-refractivity contribution >= 4 is 17.9 Å². The van der Waals surface area contributed by atoms with Crippen LogP contribution in [-0.2, 0) is 33.3 Å². The Morgan fingerprint density at radius 2 is 0.628 bits per heavy atom. The number of hydrogen-bond acceptors (Lipinski definition) is 8. The number of carbonyl (C=O) groups is 3. The molecule has 86 heavy (non-hydrogen) atoms. The number of esters is 2. The molecule has 9 heteroatoms. The summed E-state index contributed by atoms with van der Waals surface area (Å²) < 4.78 is 22.9. The molecule has 0 radical (unpaired) electrons. The molecular formula is C77H145NO8. The average molecular weight is 1210 g/mol. The SMILES string of the molecule is CCCCCCC/C=C\C/C=C\C/C=C\CCCCCCCCCCCCCCCCCCCCCCCCC(=O)OC(COC(=O)CCCCCCCCCCCCCCCCCCCCCCCCCC)COC(OCC[N+](C)(C)C)C(=O)[O-]. The summed E-state index contributed by atoms with van der Waals surface area (Å²) >= 11 is 0. The van der Waals surface area contributed by atoms with Gasteiger partial charge in [0.15, 0.2) is 12.4 Å². The highest BCUT2D eigenvalue weighted by molar-refractivity contribution is 5.70. The summed E-state index contributed by atoms with van der Waals surface area (Å²) in [5.41, 5.74) is 0. The topological polar surface area (TPSA) is 111 Å². The Morgan fingerprint density at radius 1 is 0.349 bits per heavy atom. The maximum absolute atomic E-state index is 12.9. The van der Waals surface area contributed by atoms with E-state index in [9.17, 15) is 19.5 Å². The van der Waals surface area contributed by atoms with Gasteiger partial charge in [-0.15, -0.1) is 0 Å². The lowest BCUT2D eigenvalue weighted by atomic mass is 10.0. The molecule has 0 aromatic rings. The average Bonchev–Trinajstić information content (AvgIpc) is 3.64. The van der Waals surface area contributed by atoms with Crippen molar-refractivity contribution in [2.45, 2.75) is 392 Å². The molecule has 9 nitrogen and oxygen atoms in total. The molecule has 2 atom stereocenters. The lowest BCUT2D eigenvalue weighted by molar-refractivity contribution is -0.870. The number of carboxylic acid groups (broad SMARTS) is 1. The second kappa shape index (κ2) is 68.4. The monoisotopic (exact) mass is 1210 g/mol. The van der Waals surface area contributed by atoms with Crippen LogP contribution in [0, 0.1) is 0 Å². The molecule has 0 amide bonds. The number of carboxylic acids is 1. The van der Waals surface area contributed by atoms with E-state index in [-0.39, 0.29) is 32.2 Å². The summed E-state index contributed by atoms with van der Waals surface area (Å²) in [5, 5.41) is 11.8. The quantitative estimate of drug-likeness (QED) is 0.0195. The number of unbranched alkanes of at least 4 members (excludes halogenated alkanes) is 50. The standard InChI is InChI=1S/C77H145NO8/c1-6-8-10-12-14-16-18-20-22-24-26-28-30-32-33-34-35-36-37-38-39-40-41-42-43-44-46-48-50-52-54-56-58-60-62-64-66-68-75(80)86-73(72-85-77(76(81)82)83-70-69-78(3,4)5)71-84-74(79)67-65-63-61-59-57-55-53-51-49-47-45-31-29-27-25-23-21-19-17-15-13-11-9-7-2/h18,20,24,26,30,32,73,77H,6-17,19,21-23,25,27-29,31,33-72H2,1-5H3/b20-18-,26-24-,32-30-. The Labute approximate surface area is 534 Å². The molecule has 0 aromatic carbocycles. The molecule has 0 bridgehead atoms. The first-order chi connectivity index (χ1) is 42.1. The normalized spacial score (nSPS) is 12.8. The second-order valence-corrected chi connectivity index (χ2v) is 27.0. The van der Waals surface area contributed by atoms with Crippen LogP contribution in [0.3, 0.4) is 0 Å². The van der Waals surface area contributed by atoms with Crippen LogP contribution in [0.4, 0.5) is 0 Å². The van der Waals surface area contributed by atoms with Gasteiger partial charge in [-0.2, -0.15) is 0 Å². The number of quaternary nitrogens is 1. The Morgan fingerprint density at radius 3 is 0.930 bits per heavy atom. The third-order valence-electron chi connectivity index (χ3n) is 17.1. The van der Waals surface area contributed by atoms with E-state index in [4.69, 9.17) is 18.9 Å².